The van der Waals surface area contributed by atoms with Gasteiger partial charge in [-0.2, -0.15) is 5.10 Å². The molecule has 0 aliphatic heterocycles. The summed E-state index contributed by atoms with van der Waals surface area (Å²) in [5.41, 5.74) is 2.33. The minimum Gasteiger partial charge on any atom is -0.299 e. The Balaban J connectivity index is 2.08. The smallest absolute Gasteiger partial charge is 0.143 e. The van der Waals surface area contributed by atoms with Gasteiger partial charge in [0.25, 0.3) is 0 Å². The monoisotopic (exact) mass is 294 g/mol. The van der Waals surface area contributed by atoms with Crippen molar-refractivity contribution in [2.45, 2.75) is 26.2 Å². The molecule has 0 saturated carbocycles. The molecular weight excluding hydrogens is 279 g/mol. The minimum atomic E-state index is -0.302. The molecule has 1 aromatic heterocycles. The van der Waals surface area contributed by atoms with Crippen molar-refractivity contribution in [3.63, 3.8) is 0 Å². The van der Waals surface area contributed by atoms with Crippen LogP contribution in [0.15, 0.2) is 24.3 Å². The first-order chi connectivity index (χ1) is 9.51. The molecule has 0 bridgehead atoms. The molecule has 0 N–H and O–H groups in total. The third kappa shape index (κ3) is 3.25. The molecule has 106 valence electrons. The maximum Gasteiger partial charge on any atom is 0.143 e. The number of halogens is 2. The summed E-state index contributed by atoms with van der Waals surface area (Å²) >= 11 is 6.21. The summed E-state index contributed by atoms with van der Waals surface area (Å²) < 4.78 is 14.5. The van der Waals surface area contributed by atoms with Gasteiger partial charge in [-0.1, -0.05) is 30.7 Å². The molecule has 1 heterocycles. The zero-order valence-electron chi connectivity index (χ0n) is 11.5. The predicted octanol–water partition coefficient (Wildman–Crippen LogP) is 3.13. The van der Waals surface area contributed by atoms with E-state index in [1.165, 1.54) is 12.1 Å². The Hall–Kier alpha value is -1.68. The Morgan fingerprint density at radius 2 is 1.95 bits per heavy atom. The van der Waals surface area contributed by atoms with E-state index >= 15 is 0 Å². The third-order valence-electron chi connectivity index (χ3n) is 3.18. The van der Waals surface area contributed by atoms with Gasteiger partial charge in [-0.05, 0) is 24.1 Å². The molecule has 0 saturated heterocycles. The number of nitrogens with zero attached hydrogens (tertiary/aromatic N) is 2. The van der Waals surface area contributed by atoms with Crippen LogP contribution in [0.2, 0.25) is 5.02 Å². The number of carbonyl (C=O) groups is 1. The lowest BCUT2D eigenvalue weighted by molar-refractivity contribution is -0.117. The highest BCUT2D eigenvalue weighted by molar-refractivity contribution is 6.32. The topological polar surface area (TPSA) is 34.9 Å². The SMILES string of the molecule is CCc1nn(C)c(CC(=O)Cc2ccc(F)cc2)c1Cl. The van der Waals surface area contributed by atoms with Gasteiger partial charge in [-0.25, -0.2) is 4.39 Å². The van der Waals surface area contributed by atoms with Gasteiger partial charge in [0.15, 0.2) is 0 Å². The van der Waals surface area contributed by atoms with Crippen molar-refractivity contribution in [3.05, 3.63) is 52.1 Å². The van der Waals surface area contributed by atoms with E-state index in [-0.39, 0.29) is 24.4 Å². The molecule has 2 aromatic rings. The van der Waals surface area contributed by atoms with Gasteiger partial charge >= 0.3 is 0 Å². The Kier molecular flexibility index (Phi) is 4.55. The first kappa shape index (κ1) is 14.7. The molecule has 0 aliphatic carbocycles. The van der Waals surface area contributed by atoms with Crippen molar-refractivity contribution < 1.29 is 9.18 Å². The lowest BCUT2D eigenvalue weighted by Gasteiger charge is -2.03. The fourth-order valence-electron chi connectivity index (χ4n) is 2.09. The fraction of sp³-hybridized carbons (Fsp3) is 0.333. The molecule has 0 radical (unpaired) electrons. The van der Waals surface area contributed by atoms with E-state index in [9.17, 15) is 9.18 Å². The Morgan fingerprint density at radius 3 is 2.50 bits per heavy atom. The molecule has 0 fully saturated rings. The number of carbonyl (C=O) groups excluding carboxylic acids is 1. The summed E-state index contributed by atoms with van der Waals surface area (Å²) in [4.78, 5) is 12.1. The number of aromatic nitrogens is 2. The van der Waals surface area contributed by atoms with Crippen LogP contribution in [0.25, 0.3) is 0 Å². The van der Waals surface area contributed by atoms with Crippen LogP contribution in [-0.4, -0.2) is 15.6 Å². The molecule has 3 nitrogen and oxygen atoms in total. The number of ketones is 1. The van der Waals surface area contributed by atoms with Crippen molar-refractivity contribution in [2.24, 2.45) is 7.05 Å². The number of aryl methyl sites for hydroxylation is 2. The van der Waals surface area contributed by atoms with E-state index in [0.717, 1.165) is 23.4 Å². The van der Waals surface area contributed by atoms with E-state index in [1.54, 1.807) is 23.9 Å². The predicted molar refractivity (Wildman–Crippen MR) is 76.4 cm³/mol. The molecule has 0 atom stereocenters. The largest absolute Gasteiger partial charge is 0.299 e. The second kappa shape index (κ2) is 6.18. The van der Waals surface area contributed by atoms with Crippen LogP contribution < -0.4 is 0 Å². The third-order valence-corrected chi connectivity index (χ3v) is 3.62. The average molecular weight is 295 g/mol. The molecule has 0 spiro atoms. The van der Waals surface area contributed by atoms with Crippen LogP contribution in [0.4, 0.5) is 4.39 Å². The Labute approximate surface area is 122 Å². The lowest BCUT2D eigenvalue weighted by Crippen LogP contribution is -2.10. The molecule has 20 heavy (non-hydrogen) atoms. The quantitative estimate of drug-likeness (QED) is 0.849. The number of hydrogen-bond donors (Lipinski definition) is 0. The van der Waals surface area contributed by atoms with Gasteiger partial charge in [0, 0.05) is 13.5 Å². The summed E-state index contributed by atoms with van der Waals surface area (Å²) in [6.45, 7) is 1.97. The van der Waals surface area contributed by atoms with E-state index in [1.807, 2.05) is 6.92 Å². The van der Waals surface area contributed by atoms with E-state index in [0.29, 0.717) is 5.02 Å². The molecule has 0 amide bonds. The summed E-state index contributed by atoms with van der Waals surface area (Å²) in [6, 6.07) is 5.95. The molecule has 5 heteroatoms. The van der Waals surface area contributed by atoms with E-state index in [2.05, 4.69) is 5.10 Å². The summed E-state index contributed by atoms with van der Waals surface area (Å²) in [6.07, 6.45) is 1.24. The maximum atomic E-state index is 12.8. The van der Waals surface area contributed by atoms with Gasteiger partial charge < -0.3 is 0 Å². The van der Waals surface area contributed by atoms with Gasteiger partial charge in [-0.3, -0.25) is 9.48 Å². The second-order valence-corrected chi connectivity index (χ2v) is 5.08. The molecule has 0 aliphatic rings. The number of benzene rings is 1. The van der Waals surface area contributed by atoms with Crippen LogP contribution in [0.3, 0.4) is 0 Å². The standard InChI is InChI=1S/C15H16ClFN2O/c1-3-13-15(16)14(19(2)18-13)9-12(20)8-10-4-6-11(17)7-5-10/h4-7H,3,8-9H2,1-2H3. The normalized spacial score (nSPS) is 10.8. The molecular formula is C15H16ClFN2O. The van der Waals surface area contributed by atoms with Gasteiger partial charge in [0.2, 0.25) is 0 Å². The first-order valence-corrected chi connectivity index (χ1v) is 6.85. The molecule has 2 rings (SSSR count). The first-order valence-electron chi connectivity index (χ1n) is 6.47. The van der Waals surface area contributed by atoms with Gasteiger partial charge in [-0.15, -0.1) is 0 Å². The Bertz CT molecular complexity index is 620. The van der Waals surface area contributed by atoms with Crippen molar-refractivity contribution in [1.82, 2.24) is 9.78 Å². The van der Waals surface area contributed by atoms with Crippen molar-refractivity contribution >= 4 is 17.4 Å². The summed E-state index contributed by atoms with van der Waals surface area (Å²) in [5, 5.41) is 4.85. The fourth-order valence-corrected chi connectivity index (χ4v) is 2.45. The average Bonchev–Trinajstić information content (AvgIpc) is 2.69. The van der Waals surface area contributed by atoms with Gasteiger partial charge in [0.05, 0.1) is 22.8 Å². The van der Waals surface area contributed by atoms with Crippen LogP contribution in [0, 0.1) is 5.82 Å². The number of rotatable bonds is 5. The highest BCUT2D eigenvalue weighted by Crippen LogP contribution is 2.21. The second-order valence-electron chi connectivity index (χ2n) is 4.70. The van der Waals surface area contributed by atoms with Gasteiger partial charge in [0.1, 0.15) is 11.6 Å². The zero-order chi connectivity index (χ0) is 14.7. The van der Waals surface area contributed by atoms with Crippen molar-refractivity contribution in [3.8, 4) is 0 Å². The zero-order valence-corrected chi connectivity index (χ0v) is 12.2. The minimum absolute atomic E-state index is 0.0316. The lowest BCUT2D eigenvalue weighted by atomic mass is 10.1. The van der Waals surface area contributed by atoms with Crippen LogP contribution in [0.5, 0.6) is 0 Å². The summed E-state index contributed by atoms with van der Waals surface area (Å²) in [7, 11) is 1.78. The Morgan fingerprint density at radius 1 is 1.30 bits per heavy atom. The molecule has 1 aromatic carbocycles. The number of Topliss-reactive ketones (excluding diaryl/α,β-unsaturated/α-hetero) is 1. The van der Waals surface area contributed by atoms with Crippen LogP contribution in [0.1, 0.15) is 23.9 Å². The van der Waals surface area contributed by atoms with Crippen molar-refractivity contribution in [1.29, 1.82) is 0 Å². The van der Waals surface area contributed by atoms with E-state index in [4.69, 9.17) is 11.6 Å². The van der Waals surface area contributed by atoms with Crippen molar-refractivity contribution in [2.75, 3.05) is 0 Å². The van der Waals surface area contributed by atoms with E-state index < -0.39 is 0 Å². The highest BCUT2D eigenvalue weighted by atomic mass is 35.5. The molecule has 0 unspecified atom stereocenters. The number of hydrogen-bond acceptors (Lipinski definition) is 2. The summed E-state index contributed by atoms with van der Waals surface area (Å²) in [5.74, 6) is -0.271. The maximum absolute atomic E-state index is 12.8. The van der Waals surface area contributed by atoms with Crippen LogP contribution in [-0.2, 0) is 31.1 Å². The highest BCUT2D eigenvalue weighted by Gasteiger charge is 2.16. The van der Waals surface area contributed by atoms with Crippen LogP contribution >= 0.6 is 11.6 Å².